The van der Waals surface area contributed by atoms with Crippen molar-refractivity contribution in [3.8, 4) is 0 Å². The topological polar surface area (TPSA) is 29.0 Å². The van der Waals surface area contributed by atoms with Crippen LogP contribution >= 0.6 is 35.1 Å². The van der Waals surface area contributed by atoms with Crippen LogP contribution in [0.25, 0.3) is 10.2 Å². The van der Waals surface area contributed by atoms with Gasteiger partial charge in [0.05, 0.1) is 15.4 Å². The smallest absolute Gasteiger partial charge is 0.120 e. The summed E-state index contributed by atoms with van der Waals surface area (Å²) < 4.78 is 5.19. The maximum absolute atomic E-state index is 4.28. The van der Waals surface area contributed by atoms with Crippen LogP contribution in [0.3, 0.4) is 0 Å². The molecule has 0 saturated heterocycles. The zero-order valence-electron chi connectivity index (χ0n) is 13.3. The molecule has 0 spiro atoms. The molecule has 0 amide bonds. The zero-order chi connectivity index (χ0) is 16.7. The van der Waals surface area contributed by atoms with Crippen molar-refractivity contribution in [3.63, 3.8) is 0 Å². The van der Waals surface area contributed by atoms with Crippen LogP contribution in [0.5, 0.6) is 0 Å². The molecule has 120 valence electrons. The molecule has 4 rings (SSSR count). The molecule has 0 N–H and O–H groups in total. The van der Waals surface area contributed by atoms with Gasteiger partial charge in [0.2, 0.25) is 0 Å². The van der Waals surface area contributed by atoms with Crippen LogP contribution in [0.1, 0.15) is 5.56 Å². The molecule has 1 aliphatic heterocycles. The monoisotopic (exact) mass is 369 g/mol. The Morgan fingerprint density at radius 2 is 2.08 bits per heavy atom. The second kappa shape index (κ2) is 6.27. The lowest BCUT2D eigenvalue weighted by molar-refractivity contribution is 1.17. The third kappa shape index (κ3) is 2.75. The SMILES string of the molecule is C=C(/C=C1\Sc2ccccc2N1C)Sc1c(C)ccc2snnc12. The molecule has 0 fully saturated rings. The van der Waals surface area contributed by atoms with Crippen LogP contribution in [-0.4, -0.2) is 16.6 Å². The van der Waals surface area contributed by atoms with Gasteiger partial charge < -0.3 is 4.90 Å². The average Bonchev–Trinajstić information content (AvgIpc) is 3.16. The molecule has 3 nitrogen and oxygen atoms in total. The van der Waals surface area contributed by atoms with E-state index < -0.39 is 0 Å². The van der Waals surface area contributed by atoms with Gasteiger partial charge in [-0.25, -0.2) is 0 Å². The summed E-state index contributed by atoms with van der Waals surface area (Å²) in [5.74, 6) is 0. The molecule has 2 aromatic carbocycles. The van der Waals surface area contributed by atoms with E-state index in [4.69, 9.17) is 0 Å². The quantitative estimate of drug-likeness (QED) is 0.553. The number of nitrogens with zero attached hydrogens (tertiary/aromatic N) is 3. The Balaban J connectivity index is 1.61. The van der Waals surface area contributed by atoms with Crippen molar-refractivity contribution in [2.45, 2.75) is 16.7 Å². The predicted octanol–water partition coefficient (Wildman–Crippen LogP) is 5.69. The van der Waals surface area contributed by atoms with Gasteiger partial charge >= 0.3 is 0 Å². The van der Waals surface area contributed by atoms with Crippen molar-refractivity contribution in [2.75, 3.05) is 11.9 Å². The van der Waals surface area contributed by atoms with Gasteiger partial charge in [-0.3, -0.25) is 0 Å². The number of hydrogen-bond donors (Lipinski definition) is 0. The maximum atomic E-state index is 4.28. The van der Waals surface area contributed by atoms with Crippen molar-refractivity contribution in [1.29, 1.82) is 0 Å². The summed E-state index contributed by atoms with van der Waals surface area (Å²) in [6.07, 6.45) is 2.15. The van der Waals surface area contributed by atoms with Crippen molar-refractivity contribution >= 4 is 51.0 Å². The highest BCUT2D eigenvalue weighted by molar-refractivity contribution is 8.04. The fourth-order valence-corrected chi connectivity index (χ4v) is 5.34. The predicted molar refractivity (Wildman–Crippen MR) is 106 cm³/mol. The first-order chi connectivity index (χ1) is 11.6. The van der Waals surface area contributed by atoms with Crippen LogP contribution in [-0.2, 0) is 0 Å². The van der Waals surface area contributed by atoms with E-state index in [2.05, 4.69) is 77.5 Å². The number of benzene rings is 2. The van der Waals surface area contributed by atoms with E-state index >= 15 is 0 Å². The van der Waals surface area contributed by atoms with Gasteiger partial charge in [0, 0.05) is 21.7 Å². The van der Waals surface area contributed by atoms with Crippen molar-refractivity contribution < 1.29 is 0 Å². The largest absolute Gasteiger partial charge is 0.338 e. The molecular weight excluding hydrogens is 354 g/mol. The molecule has 2 heterocycles. The molecule has 6 heteroatoms. The van der Waals surface area contributed by atoms with E-state index in [1.54, 1.807) is 23.5 Å². The molecule has 3 aromatic rings. The van der Waals surface area contributed by atoms with E-state index in [9.17, 15) is 0 Å². The lowest BCUT2D eigenvalue weighted by Gasteiger charge is -2.14. The Kier molecular flexibility index (Phi) is 4.12. The number of fused-ring (bicyclic) bond motifs is 2. The van der Waals surface area contributed by atoms with Gasteiger partial charge in [0.15, 0.2) is 0 Å². The van der Waals surface area contributed by atoms with Crippen LogP contribution in [0, 0.1) is 6.92 Å². The van der Waals surface area contributed by atoms with Gasteiger partial charge in [-0.1, -0.05) is 52.8 Å². The van der Waals surface area contributed by atoms with Gasteiger partial charge in [0.25, 0.3) is 0 Å². The molecule has 0 bridgehead atoms. The first-order valence-electron chi connectivity index (χ1n) is 7.44. The summed E-state index contributed by atoms with van der Waals surface area (Å²) in [6, 6.07) is 12.6. The third-order valence-electron chi connectivity index (χ3n) is 3.86. The van der Waals surface area contributed by atoms with Crippen LogP contribution in [0.2, 0.25) is 0 Å². The minimum Gasteiger partial charge on any atom is -0.338 e. The number of thioether (sulfide) groups is 2. The highest BCUT2D eigenvalue weighted by Gasteiger charge is 2.21. The Hall–Kier alpha value is -1.76. The van der Waals surface area contributed by atoms with E-state index in [1.165, 1.54) is 32.7 Å². The number of hydrogen-bond acceptors (Lipinski definition) is 6. The lowest BCUT2D eigenvalue weighted by atomic mass is 10.2. The zero-order valence-corrected chi connectivity index (χ0v) is 15.8. The fraction of sp³-hybridized carbons (Fsp3) is 0.111. The maximum Gasteiger partial charge on any atom is 0.120 e. The van der Waals surface area contributed by atoms with E-state index in [1.807, 2.05) is 0 Å². The van der Waals surface area contributed by atoms with E-state index in [0.717, 1.165) is 20.0 Å². The number of aromatic nitrogens is 2. The highest BCUT2D eigenvalue weighted by atomic mass is 32.2. The second-order valence-corrected chi connectivity index (χ2v) is 8.50. The molecule has 0 saturated carbocycles. The molecule has 1 aromatic heterocycles. The molecular formula is C18H15N3S3. The highest BCUT2D eigenvalue weighted by Crippen LogP contribution is 2.46. The van der Waals surface area contributed by atoms with Crippen molar-refractivity contribution in [1.82, 2.24) is 9.59 Å². The summed E-state index contributed by atoms with van der Waals surface area (Å²) in [6.45, 7) is 6.35. The van der Waals surface area contributed by atoms with Gasteiger partial charge in [-0.05, 0) is 48.3 Å². The number of para-hydroxylation sites is 1. The Morgan fingerprint density at radius 1 is 1.25 bits per heavy atom. The minimum atomic E-state index is 0.972. The van der Waals surface area contributed by atoms with Gasteiger partial charge in [0.1, 0.15) is 5.52 Å². The average molecular weight is 370 g/mol. The van der Waals surface area contributed by atoms with Crippen molar-refractivity contribution in [3.05, 3.63) is 64.6 Å². The van der Waals surface area contributed by atoms with Crippen LogP contribution in [0.15, 0.2) is 68.8 Å². The van der Waals surface area contributed by atoms with Crippen LogP contribution in [0.4, 0.5) is 5.69 Å². The molecule has 24 heavy (non-hydrogen) atoms. The summed E-state index contributed by atoms with van der Waals surface area (Å²) >= 11 is 4.88. The summed E-state index contributed by atoms with van der Waals surface area (Å²) in [7, 11) is 2.10. The van der Waals surface area contributed by atoms with Crippen molar-refractivity contribution in [2.24, 2.45) is 0 Å². The number of allylic oxidation sites excluding steroid dienone is 1. The minimum absolute atomic E-state index is 0.972. The Morgan fingerprint density at radius 3 is 2.92 bits per heavy atom. The van der Waals surface area contributed by atoms with E-state index in [0.29, 0.717) is 0 Å². The molecule has 0 unspecified atom stereocenters. The van der Waals surface area contributed by atoms with E-state index in [-0.39, 0.29) is 0 Å². The molecule has 0 radical (unpaired) electrons. The fourth-order valence-electron chi connectivity index (χ4n) is 2.60. The first kappa shape index (κ1) is 15.7. The molecule has 1 aliphatic rings. The van der Waals surface area contributed by atoms with Gasteiger partial charge in [-0.2, -0.15) is 0 Å². The Labute approximate surface area is 153 Å². The van der Waals surface area contributed by atoms with Crippen LogP contribution < -0.4 is 4.90 Å². The standard InChI is InChI=1S/C18H15N3S3/c1-11-8-9-15-17(19-20-24-15)18(11)22-12(2)10-16-21(3)13-6-4-5-7-14(13)23-16/h4-10H,2H2,1,3H3/b16-10-. The third-order valence-corrected chi connectivity index (χ3v) is 6.82. The Bertz CT molecular complexity index is 975. The lowest BCUT2D eigenvalue weighted by Crippen LogP contribution is -2.09. The van der Waals surface area contributed by atoms with Gasteiger partial charge in [-0.15, -0.1) is 5.10 Å². The second-order valence-electron chi connectivity index (χ2n) is 5.51. The summed E-state index contributed by atoms with van der Waals surface area (Å²) in [5.41, 5.74) is 3.42. The molecule has 0 aliphatic carbocycles. The number of anilines is 1. The number of aryl methyl sites for hydroxylation is 1. The number of rotatable bonds is 3. The normalized spacial score (nSPS) is 15.2. The molecule has 0 atom stereocenters. The summed E-state index contributed by atoms with van der Waals surface area (Å²) in [4.78, 5) is 5.64. The first-order valence-corrected chi connectivity index (χ1v) is 9.85. The summed E-state index contributed by atoms with van der Waals surface area (Å²) in [5, 5.41) is 5.47.